The lowest BCUT2D eigenvalue weighted by Crippen LogP contribution is -2.50. The van der Waals surface area contributed by atoms with Gasteiger partial charge in [-0.3, -0.25) is 4.90 Å². The Kier molecular flexibility index (Phi) is 3.59. The summed E-state index contributed by atoms with van der Waals surface area (Å²) in [5, 5.41) is 3.31. The number of rotatable bonds is 2. The number of hydrogen-bond donors (Lipinski definition) is 1. The van der Waals surface area contributed by atoms with Crippen LogP contribution in [-0.4, -0.2) is 37.1 Å². The Labute approximate surface area is 89.1 Å². The Balaban J connectivity index is 2.45. The summed E-state index contributed by atoms with van der Waals surface area (Å²) < 4.78 is 0. The summed E-state index contributed by atoms with van der Waals surface area (Å²) in [7, 11) is 2.06. The molecule has 1 saturated heterocycles. The predicted octanol–water partition coefficient (Wildman–Crippen LogP) is 2.11. The Morgan fingerprint density at radius 1 is 1.21 bits per heavy atom. The van der Waals surface area contributed by atoms with Crippen LogP contribution in [0, 0.1) is 5.41 Å². The van der Waals surface area contributed by atoms with Crippen LogP contribution in [0.15, 0.2) is 0 Å². The summed E-state index contributed by atoms with van der Waals surface area (Å²) in [5.74, 6) is 0. The van der Waals surface area contributed by atoms with Crippen molar-refractivity contribution in [3.05, 3.63) is 0 Å². The van der Waals surface area contributed by atoms with Gasteiger partial charge in [0.05, 0.1) is 0 Å². The van der Waals surface area contributed by atoms with Crippen molar-refractivity contribution in [3.8, 4) is 0 Å². The molecule has 0 aliphatic carbocycles. The van der Waals surface area contributed by atoms with Gasteiger partial charge >= 0.3 is 0 Å². The molecule has 1 fully saturated rings. The summed E-state index contributed by atoms with van der Waals surface area (Å²) in [5.41, 5.74) is 0.872. The summed E-state index contributed by atoms with van der Waals surface area (Å²) in [6, 6.07) is 0. The molecule has 1 heterocycles. The Bertz CT molecular complexity index is 173. The standard InChI is InChI=1S/C12H26N2/c1-11(2,3)14-8-6-12(4,7-9-14)10-13-5/h13H,6-10H2,1-5H3. The van der Waals surface area contributed by atoms with Crippen LogP contribution in [-0.2, 0) is 0 Å². The minimum absolute atomic E-state index is 0.348. The van der Waals surface area contributed by atoms with Gasteiger partial charge in [-0.15, -0.1) is 0 Å². The van der Waals surface area contributed by atoms with Crippen molar-refractivity contribution >= 4 is 0 Å². The van der Waals surface area contributed by atoms with Crippen LogP contribution in [0.4, 0.5) is 0 Å². The second kappa shape index (κ2) is 4.19. The number of likely N-dealkylation sites (tertiary alicyclic amines) is 1. The molecule has 1 rings (SSSR count). The minimum Gasteiger partial charge on any atom is -0.319 e. The van der Waals surface area contributed by atoms with E-state index in [0.717, 1.165) is 6.54 Å². The van der Waals surface area contributed by atoms with E-state index in [4.69, 9.17) is 0 Å². The van der Waals surface area contributed by atoms with E-state index < -0.39 is 0 Å². The molecule has 0 bridgehead atoms. The fraction of sp³-hybridized carbons (Fsp3) is 1.00. The van der Waals surface area contributed by atoms with E-state index in [1.54, 1.807) is 0 Å². The average Bonchev–Trinajstić information content (AvgIpc) is 2.03. The molecule has 84 valence electrons. The molecule has 1 N–H and O–H groups in total. The first kappa shape index (κ1) is 12.0. The van der Waals surface area contributed by atoms with Crippen molar-refractivity contribution in [2.24, 2.45) is 5.41 Å². The fourth-order valence-electron chi connectivity index (χ4n) is 2.32. The van der Waals surface area contributed by atoms with Crippen LogP contribution < -0.4 is 5.32 Å². The van der Waals surface area contributed by atoms with E-state index in [-0.39, 0.29) is 0 Å². The third-order valence-corrected chi connectivity index (χ3v) is 3.52. The molecule has 2 heteroatoms. The zero-order valence-corrected chi connectivity index (χ0v) is 10.5. The first-order valence-corrected chi connectivity index (χ1v) is 5.77. The maximum Gasteiger partial charge on any atom is 0.0125 e. The highest BCUT2D eigenvalue weighted by molar-refractivity contribution is 4.88. The molecule has 14 heavy (non-hydrogen) atoms. The predicted molar refractivity (Wildman–Crippen MR) is 62.6 cm³/mol. The van der Waals surface area contributed by atoms with Gasteiger partial charge < -0.3 is 5.32 Å². The molecule has 0 aromatic rings. The molecular weight excluding hydrogens is 172 g/mol. The normalized spacial score (nSPS) is 23.8. The highest BCUT2D eigenvalue weighted by Gasteiger charge is 2.33. The lowest BCUT2D eigenvalue weighted by atomic mass is 9.79. The molecular formula is C12H26N2. The van der Waals surface area contributed by atoms with Crippen LogP contribution in [0.5, 0.6) is 0 Å². The topological polar surface area (TPSA) is 15.3 Å². The lowest BCUT2D eigenvalue weighted by Gasteiger charge is -2.45. The third-order valence-electron chi connectivity index (χ3n) is 3.52. The maximum absolute atomic E-state index is 3.31. The molecule has 0 aromatic heterocycles. The quantitative estimate of drug-likeness (QED) is 0.731. The number of piperidine rings is 1. The molecule has 0 radical (unpaired) electrons. The number of hydrogen-bond acceptors (Lipinski definition) is 2. The van der Waals surface area contributed by atoms with Crippen LogP contribution in [0.2, 0.25) is 0 Å². The molecule has 0 aromatic carbocycles. The number of nitrogens with one attached hydrogen (secondary N) is 1. The van der Waals surface area contributed by atoms with Gasteiger partial charge in [-0.2, -0.15) is 0 Å². The van der Waals surface area contributed by atoms with E-state index in [2.05, 4.69) is 45.0 Å². The van der Waals surface area contributed by atoms with Gasteiger partial charge in [0.25, 0.3) is 0 Å². The number of nitrogens with zero attached hydrogens (tertiary/aromatic N) is 1. The van der Waals surface area contributed by atoms with Gasteiger partial charge in [0.1, 0.15) is 0 Å². The van der Waals surface area contributed by atoms with E-state index >= 15 is 0 Å². The van der Waals surface area contributed by atoms with Crippen molar-refractivity contribution in [1.29, 1.82) is 0 Å². The summed E-state index contributed by atoms with van der Waals surface area (Å²) >= 11 is 0. The van der Waals surface area contributed by atoms with E-state index in [1.807, 2.05) is 0 Å². The molecule has 0 spiro atoms. The first-order chi connectivity index (χ1) is 6.37. The van der Waals surface area contributed by atoms with E-state index in [1.165, 1.54) is 25.9 Å². The zero-order valence-electron chi connectivity index (χ0n) is 10.5. The van der Waals surface area contributed by atoms with Crippen LogP contribution in [0.25, 0.3) is 0 Å². The highest BCUT2D eigenvalue weighted by Crippen LogP contribution is 2.32. The second-order valence-electron chi connectivity index (χ2n) is 6.00. The molecule has 1 aliphatic rings. The van der Waals surface area contributed by atoms with Crippen molar-refractivity contribution in [3.63, 3.8) is 0 Å². The largest absolute Gasteiger partial charge is 0.319 e. The van der Waals surface area contributed by atoms with Crippen molar-refractivity contribution < 1.29 is 0 Å². The summed E-state index contributed by atoms with van der Waals surface area (Å²) in [4.78, 5) is 2.60. The zero-order chi connectivity index (χ0) is 10.8. The van der Waals surface area contributed by atoms with Crippen LogP contribution in [0.1, 0.15) is 40.5 Å². The molecule has 0 atom stereocenters. The van der Waals surface area contributed by atoms with Crippen molar-refractivity contribution in [2.75, 3.05) is 26.7 Å². The smallest absolute Gasteiger partial charge is 0.0125 e. The molecule has 0 amide bonds. The maximum atomic E-state index is 3.31. The SMILES string of the molecule is CNCC1(C)CCN(C(C)(C)C)CC1. The molecule has 0 saturated carbocycles. The average molecular weight is 198 g/mol. The summed E-state index contributed by atoms with van der Waals surface area (Å²) in [6.45, 7) is 13.0. The van der Waals surface area contributed by atoms with Gasteiger partial charge in [0, 0.05) is 12.1 Å². The third kappa shape index (κ3) is 2.96. The van der Waals surface area contributed by atoms with E-state index in [0.29, 0.717) is 11.0 Å². The van der Waals surface area contributed by atoms with E-state index in [9.17, 15) is 0 Å². The summed E-state index contributed by atoms with van der Waals surface area (Å²) in [6.07, 6.45) is 2.65. The van der Waals surface area contributed by atoms with Gasteiger partial charge in [0.2, 0.25) is 0 Å². The first-order valence-electron chi connectivity index (χ1n) is 5.77. The van der Waals surface area contributed by atoms with Crippen LogP contribution in [0.3, 0.4) is 0 Å². The Hall–Kier alpha value is -0.0800. The lowest BCUT2D eigenvalue weighted by molar-refractivity contribution is 0.0518. The Morgan fingerprint density at radius 3 is 2.07 bits per heavy atom. The van der Waals surface area contributed by atoms with Crippen molar-refractivity contribution in [1.82, 2.24) is 10.2 Å². The molecule has 2 nitrogen and oxygen atoms in total. The van der Waals surface area contributed by atoms with Gasteiger partial charge in [-0.25, -0.2) is 0 Å². The second-order valence-corrected chi connectivity index (χ2v) is 6.00. The molecule has 0 unspecified atom stereocenters. The monoisotopic (exact) mass is 198 g/mol. The van der Waals surface area contributed by atoms with Crippen LogP contribution >= 0.6 is 0 Å². The Morgan fingerprint density at radius 2 is 1.71 bits per heavy atom. The van der Waals surface area contributed by atoms with Gasteiger partial charge in [-0.05, 0) is 59.2 Å². The fourth-order valence-corrected chi connectivity index (χ4v) is 2.32. The van der Waals surface area contributed by atoms with Gasteiger partial charge in [-0.1, -0.05) is 6.92 Å². The highest BCUT2D eigenvalue weighted by atomic mass is 15.2. The van der Waals surface area contributed by atoms with Gasteiger partial charge in [0.15, 0.2) is 0 Å². The van der Waals surface area contributed by atoms with Crippen molar-refractivity contribution in [2.45, 2.75) is 46.1 Å². The minimum atomic E-state index is 0.348. The molecule has 1 aliphatic heterocycles.